The molecule has 0 aliphatic rings. The molecular weight excluding hydrogens is 412 g/mol. The third-order valence-corrected chi connectivity index (χ3v) is 4.24. The van der Waals surface area contributed by atoms with Gasteiger partial charge < -0.3 is 10.1 Å². The van der Waals surface area contributed by atoms with Gasteiger partial charge in [-0.1, -0.05) is 22.0 Å². The molecule has 0 bridgehead atoms. The van der Waals surface area contributed by atoms with Crippen molar-refractivity contribution in [2.75, 3.05) is 0 Å². The van der Waals surface area contributed by atoms with E-state index in [1.165, 1.54) is 10.9 Å². The minimum absolute atomic E-state index is 0.0533. The summed E-state index contributed by atoms with van der Waals surface area (Å²) >= 11 is 3.34. The smallest absolute Gasteiger partial charge is 0.261 e. The number of hydrogen-bond acceptors (Lipinski definition) is 5. The van der Waals surface area contributed by atoms with E-state index in [1.807, 2.05) is 26.0 Å². The Morgan fingerprint density at radius 2 is 2.07 bits per heavy atom. The summed E-state index contributed by atoms with van der Waals surface area (Å²) in [4.78, 5) is 33.1. The number of halogens is 1. The van der Waals surface area contributed by atoms with Crippen molar-refractivity contribution in [2.24, 2.45) is 0 Å². The number of rotatable bonds is 6. The monoisotopic (exact) mass is 430 g/mol. The second-order valence-corrected chi connectivity index (χ2v) is 7.20. The van der Waals surface area contributed by atoms with Crippen LogP contribution in [0.5, 0.6) is 5.88 Å². The van der Waals surface area contributed by atoms with E-state index in [-0.39, 0.29) is 24.1 Å². The number of carbonyl (C=O) groups is 1. The van der Waals surface area contributed by atoms with Crippen molar-refractivity contribution < 1.29 is 9.53 Å². The molecule has 0 saturated carbocycles. The Bertz CT molecular complexity index is 1020. The van der Waals surface area contributed by atoms with Crippen molar-refractivity contribution in [3.8, 4) is 5.88 Å². The van der Waals surface area contributed by atoms with Gasteiger partial charge in [0.1, 0.15) is 6.54 Å². The number of fused-ring (bicyclic) bond motifs is 1. The normalized spacial score (nSPS) is 11.0. The van der Waals surface area contributed by atoms with E-state index in [9.17, 15) is 9.59 Å². The molecule has 3 aromatic rings. The molecule has 0 radical (unpaired) electrons. The number of carbonyl (C=O) groups excluding carboxylic acids is 1. The Balaban J connectivity index is 1.63. The Labute approximate surface area is 164 Å². The van der Waals surface area contributed by atoms with Gasteiger partial charge in [0.05, 0.1) is 23.3 Å². The molecule has 1 N–H and O–H groups in total. The van der Waals surface area contributed by atoms with Crippen LogP contribution in [-0.4, -0.2) is 26.5 Å². The van der Waals surface area contributed by atoms with Gasteiger partial charge in [0.15, 0.2) is 0 Å². The first-order chi connectivity index (χ1) is 12.9. The van der Waals surface area contributed by atoms with Crippen molar-refractivity contribution in [3.05, 3.63) is 63.2 Å². The van der Waals surface area contributed by atoms with Gasteiger partial charge in [0.2, 0.25) is 11.8 Å². The van der Waals surface area contributed by atoms with Crippen molar-refractivity contribution in [1.29, 1.82) is 0 Å². The fourth-order valence-electron chi connectivity index (χ4n) is 2.48. The molecule has 7 nitrogen and oxygen atoms in total. The molecule has 0 aliphatic carbocycles. The average Bonchev–Trinajstić information content (AvgIpc) is 2.63. The topological polar surface area (TPSA) is 86.1 Å². The quantitative estimate of drug-likeness (QED) is 0.649. The maximum absolute atomic E-state index is 12.5. The number of pyridine rings is 1. The molecule has 0 unspecified atom stereocenters. The van der Waals surface area contributed by atoms with Gasteiger partial charge in [-0.3, -0.25) is 14.2 Å². The molecule has 8 heteroatoms. The summed E-state index contributed by atoms with van der Waals surface area (Å²) in [6.07, 6.45) is 3.09. The Morgan fingerprint density at radius 3 is 2.78 bits per heavy atom. The lowest BCUT2D eigenvalue weighted by Gasteiger charge is -2.10. The SMILES string of the molecule is CC(C)Oc1ccc(CNC(=O)Cn2cnc3ccc(Br)cc3c2=O)cn1. The summed E-state index contributed by atoms with van der Waals surface area (Å²) in [5.41, 5.74) is 1.18. The second-order valence-electron chi connectivity index (χ2n) is 6.29. The van der Waals surface area contributed by atoms with Crippen LogP contribution in [0.4, 0.5) is 0 Å². The highest BCUT2D eigenvalue weighted by Gasteiger charge is 2.09. The van der Waals surface area contributed by atoms with Crippen LogP contribution < -0.4 is 15.6 Å². The lowest BCUT2D eigenvalue weighted by Crippen LogP contribution is -2.32. The van der Waals surface area contributed by atoms with E-state index in [0.717, 1.165) is 10.0 Å². The Hall–Kier alpha value is -2.74. The van der Waals surface area contributed by atoms with Crippen LogP contribution in [0.15, 0.2) is 52.1 Å². The van der Waals surface area contributed by atoms with Crippen LogP contribution in [0.2, 0.25) is 0 Å². The molecule has 2 aromatic heterocycles. The van der Waals surface area contributed by atoms with E-state index in [1.54, 1.807) is 24.4 Å². The first kappa shape index (κ1) is 19.0. The maximum Gasteiger partial charge on any atom is 0.261 e. The number of ether oxygens (including phenoxy) is 1. The van der Waals surface area contributed by atoms with Crippen molar-refractivity contribution in [3.63, 3.8) is 0 Å². The summed E-state index contributed by atoms with van der Waals surface area (Å²) in [6.45, 7) is 4.07. The van der Waals surface area contributed by atoms with Crippen LogP contribution >= 0.6 is 15.9 Å². The Kier molecular flexibility index (Phi) is 5.85. The number of nitrogens with one attached hydrogen (secondary N) is 1. The molecule has 1 amide bonds. The summed E-state index contributed by atoms with van der Waals surface area (Å²) in [7, 11) is 0. The summed E-state index contributed by atoms with van der Waals surface area (Å²) in [5, 5.41) is 3.24. The molecule has 0 fully saturated rings. The van der Waals surface area contributed by atoms with E-state index in [0.29, 0.717) is 23.3 Å². The number of aromatic nitrogens is 3. The van der Waals surface area contributed by atoms with Crippen LogP contribution in [0.1, 0.15) is 19.4 Å². The van der Waals surface area contributed by atoms with E-state index in [2.05, 4.69) is 31.2 Å². The zero-order valence-electron chi connectivity index (χ0n) is 15.0. The third-order valence-electron chi connectivity index (χ3n) is 3.74. The molecule has 3 rings (SSSR count). The van der Waals surface area contributed by atoms with Gasteiger partial charge in [-0.25, -0.2) is 9.97 Å². The van der Waals surface area contributed by atoms with Gasteiger partial charge >= 0.3 is 0 Å². The molecule has 0 aliphatic heterocycles. The zero-order valence-corrected chi connectivity index (χ0v) is 16.6. The van der Waals surface area contributed by atoms with Crippen LogP contribution in [0, 0.1) is 0 Å². The molecule has 140 valence electrons. The predicted octanol–water partition coefficient (Wildman–Crippen LogP) is 2.66. The minimum atomic E-state index is -0.282. The maximum atomic E-state index is 12.5. The van der Waals surface area contributed by atoms with Crippen molar-refractivity contribution >= 4 is 32.7 Å². The standard InChI is InChI=1S/C19H19BrN4O3/c1-12(2)27-18-6-3-13(9-22-18)8-21-17(25)10-24-11-23-16-5-4-14(20)7-15(16)19(24)26/h3-7,9,11-12H,8,10H2,1-2H3,(H,21,25). The van der Waals surface area contributed by atoms with Crippen LogP contribution in [0.25, 0.3) is 10.9 Å². The third kappa shape index (κ3) is 4.91. The van der Waals surface area contributed by atoms with Gasteiger partial charge in [0, 0.05) is 23.3 Å². The highest BCUT2D eigenvalue weighted by Crippen LogP contribution is 2.14. The van der Waals surface area contributed by atoms with Gasteiger partial charge in [-0.2, -0.15) is 0 Å². The van der Waals surface area contributed by atoms with E-state index < -0.39 is 0 Å². The lowest BCUT2D eigenvalue weighted by molar-refractivity contribution is -0.121. The lowest BCUT2D eigenvalue weighted by atomic mass is 10.2. The van der Waals surface area contributed by atoms with Gasteiger partial charge in [-0.15, -0.1) is 0 Å². The number of nitrogens with zero attached hydrogens (tertiary/aromatic N) is 3. The van der Waals surface area contributed by atoms with E-state index >= 15 is 0 Å². The molecule has 27 heavy (non-hydrogen) atoms. The van der Waals surface area contributed by atoms with Crippen molar-refractivity contribution in [2.45, 2.75) is 33.0 Å². The minimum Gasteiger partial charge on any atom is -0.475 e. The highest BCUT2D eigenvalue weighted by atomic mass is 79.9. The molecule has 2 heterocycles. The number of hydrogen-bond donors (Lipinski definition) is 1. The zero-order chi connectivity index (χ0) is 19.4. The molecule has 1 aromatic carbocycles. The number of benzene rings is 1. The first-order valence-corrected chi connectivity index (χ1v) is 9.24. The summed E-state index contributed by atoms with van der Waals surface area (Å²) in [5.74, 6) is 0.260. The molecule has 0 saturated heterocycles. The first-order valence-electron chi connectivity index (χ1n) is 8.45. The molecule has 0 spiro atoms. The Morgan fingerprint density at radius 1 is 1.26 bits per heavy atom. The second kappa shape index (κ2) is 8.30. The average molecular weight is 431 g/mol. The van der Waals surface area contributed by atoms with E-state index in [4.69, 9.17) is 4.74 Å². The fourth-order valence-corrected chi connectivity index (χ4v) is 2.84. The van der Waals surface area contributed by atoms with Crippen LogP contribution in [0.3, 0.4) is 0 Å². The number of amides is 1. The predicted molar refractivity (Wildman–Crippen MR) is 106 cm³/mol. The summed E-state index contributed by atoms with van der Waals surface area (Å²) in [6, 6.07) is 8.87. The van der Waals surface area contributed by atoms with Crippen molar-refractivity contribution in [1.82, 2.24) is 19.9 Å². The summed E-state index contributed by atoms with van der Waals surface area (Å²) < 4.78 is 7.56. The van der Waals surface area contributed by atoms with Crippen LogP contribution in [-0.2, 0) is 17.9 Å². The fraction of sp³-hybridized carbons (Fsp3) is 0.263. The van der Waals surface area contributed by atoms with Gasteiger partial charge in [-0.05, 0) is 37.6 Å². The molecule has 0 atom stereocenters. The van der Waals surface area contributed by atoms with Gasteiger partial charge in [0.25, 0.3) is 5.56 Å². The highest BCUT2D eigenvalue weighted by molar-refractivity contribution is 9.10. The largest absolute Gasteiger partial charge is 0.475 e. The molecular formula is C19H19BrN4O3.